The zero-order valence-electron chi connectivity index (χ0n) is 17.2. The Morgan fingerprint density at radius 1 is 1.19 bits per heavy atom. The van der Waals surface area contributed by atoms with Crippen molar-refractivity contribution >= 4 is 22.6 Å². The first-order valence-corrected chi connectivity index (χ1v) is 10.6. The highest BCUT2D eigenvalue weighted by molar-refractivity contribution is 6.30. The normalized spacial score (nSPS) is 19.1. The van der Waals surface area contributed by atoms with Gasteiger partial charge in [0.25, 0.3) is 0 Å². The Bertz CT molecular complexity index is 1270. The van der Waals surface area contributed by atoms with Crippen molar-refractivity contribution in [2.24, 2.45) is 7.05 Å². The molecule has 158 valence electrons. The predicted molar refractivity (Wildman–Crippen MR) is 116 cm³/mol. The second-order valence-electron chi connectivity index (χ2n) is 7.93. The zero-order valence-corrected chi connectivity index (χ0v) is 18.0. The second kappa shape index (κ2) is 7.98. The molecule has 0 aliphatic carbocycles. The Morgan fingerprint density at radius 3 is 2.84 bits per heavy atom. The van der Waals surface area contributed by atoms with Crippen LogP contribution in [0.5, 0.6) is 0 Å². The van der Waals surface area contributed by atoms with Crippen molar-refractivity contribution in [2.45, 2.75) is 31.8 Å². The van der Waals surface area contributed by atoms with Crippen LogP contribution in [0.3, 0.4) is 0 Å². The largest absolute Gasteiger partial charge is 0.373 e. The first kappa shape index (κ1) is 20.0. The molecule has 0 unspecified atom stereocenters. The lowest BCUT2D eigenvalue weighted by molar-refractivity contribution is 0.00464. The minimum Gasteiger partial charge on any atom is -0.373 e. The van der Waals surface area contributed by atoms with E-state index in [1.54, 1.807) is 23.0 Å². The fourth-order valence-corrected chi connectivity index (χ4v) is 4.27. The molecule has 2 atom stereocenters. The Hall–Kier alpha value is -2.90. The Labute approximate surface area is 184 Å². The van der Waals surface area contributed by atoms with Gasteiger partial charge in [0.1, 0.15) is 17.0 Å². The van der Waals surface area contributed by atoms with E-state index in [0.29, 0.717) is 33.9 Å². The molecule has 8 heteroatoms. The topological polar surface area (TPSA) is 65.7 Å². The van der Waals surface area contributed by atoms with Gasteiger partial charge in [-0.3, -0.25) is 9.67 Å². The van der Waals surface area contributed by atoms with Crippen LogP contribution in [0.2, 0.25) is 5.02 Å². The van der Waals surface area contributed by atoms with Gasteiger partial charge >= 0.3 is 0 Å². The van der Waals surface area contributed by atoms with Crippen molar-refractivity contribution in [2.75, 3.05) is 6.61 Å². The van der Waals surface area contributed by atoms with Crippen molar-refractivity contribution in [3.8, 4) is 11.3 Å². The third-order valence-corrected chi connectivity index (χ3v) is 5.89. The van der Waals surface area contributed by atoms with E-state index in [9.17, 15) is 4.39 Å². The lowest BCUT2D eigenvalue weighted by Gasteiger charge is -2.29. The van der Waals surface area contributed by atoms with Gasteiger partial charge in [-0.15, -0.1) is 0 Å². The van der Waals surface area contributed by atoms with Crippen molar-refractivity contribution in [3.63, 3.8) is 0 Å². The monoisotopic (exact) mass is 437 g/mol. The number of aryl methyl sites for hydroxylation is 2. The molecule has 1 fully saturated rings. The summed E-state index contributed by atoms with van der Waals surface area (Å²) in [7, 11) is 1.89. The van der Waals surface area contributed by atoms with Crippen molar-refractivity contribution in [1.29, 1.82) is 0 Å². The number of halogens is 2. The fraction of sp³-hybridized carbons (Fsp3) is 0.304. The van der Waals surface area contributed by atoms with E-state index < -0.39 is 5.82 Å². The average Bonchev–Trinajstić information content (AvgIpc) is 3.19. The minimum absolute atomic E-state index is 0.0516. The minimum atomic E-state index is -0.430. The van der Waals surface area contributed by atoms with Crippen molar-refractivity contribution in [1.82, 2.24) is 24.7 Å². The second-order valence-corrected chi connectivity index (χ2v) is 8.36. The van der Waals surface area contributed by atoms with E-state index in [1.165, 1.54) is 6.07 Å². The molecular weight excluding hydrogens is 417 g/mol. The van der Waals surface area contributed by atoms with E-state index in [-0.39, 0.29) is 12.0 Å². The number of rotatable bonds is 3. The third kappa shape index (κ3) is 3.91. The molecule has 0 radical (unpaired) electrons. The Balaban J connectivity index is 1.60. The molecule has 0 amide bonds. The fourth-order valence-electron chi connectivity index (χ4n) is 4.12. The summed E-state index contributed by atoms with van der Waals surface area (Å²) in [5.74, 6) is -0.277. The summed E-state index contributed by atoms with van der Waals surface area (Å²) < 4.78 is 22.6. The number of hydrogen-bond acceptors (Lipinski definition) is 5. The molecule has 4 heterocycles. The molecule has 1 aliphatic heterocycles. The molecule has 0 spiro atoms. The van der Waals surface area contributed by atoms with Gasteiger partial charge in [0.05, 0.1) is 23.5 Å². The van der Waals surface area contributed by atoms with E-state index >= 15 is 0 Å². The maximum atomic E-state index is 14.8. The van der Waals surface area contributed by atoms with E-state index in [2.05, 4.69) is 15.1 Å². The van der Waals surface area contributed by atoms with Gasteiger partial charge in [-0.25, -0.2) is 14.4 Å². The molecule has 3 aromatic heterocycles. The van der Waals surface area contributed by atoms with E-state index in [4.69, 9.17) is 21.3 Å². The number of pyridine rings is 1. The van der Waals surface area contributed by atoms with Gasteiger partial charge in [0.2, 0.25) is 0 Å². The highest BCUT2D eigenvalue weighted by atomic mass is 35.5. The molecule has 0 N–H and O–H groups in total. The summed E-state index contributed by atoms with van der Waals surface area (Å²) in [6.07, 6.45) is 7.04. The number of hydrogen-bond donors (Lipinski definition) is 0. The van der Waals surface area contributed by atoms with Crippen LogP contribution < -0.4 is 0 Å². The Kier molecular flexibility index (Phi) is 5.16. The third-order valence-electron chi connectivity index (χ3n) is 5.65. The highest BCUT2D eigenvalue weighted by Gasteiger charge is 2.28. The van der Waals surface area contributed by atoms with Crippen molar-refractivity contribution < 1.29 is 9.13 Å². The molecule has 1 saturated heterocycles. The lowest BCUT2D eigenvalue weighted by Crippen LogP contribution is -2.19. The molecule has 4 aromatic rings. The molecule has 0 bridgehead atoms. The molecule has 5 rings (SSSR count). The van der Waals surface area contributed by atoms with Gasteiger partial charge in [-0.2, -0.15) is 5.10 Å². The standard InChI is InChI=1S/C23H21ClFN5O/c1-13-10-26-23-20(28-13)9-19(29-22(23)17-4-3-16(24)8-18(17)25)14-5-6-31-21(7-14)15-11-27-30(2)12-15/h3-4,8-12,14,21H,5-7H2,1-2H3/t14-,21-/m1/s1. The number of aromatic nitrogens is 5. The van der Waals surface area contributed by atoms with Crippen LogP contribution >= 0.6 is 11.6 Å². The smallest absolute Gasteiger partial charge is 0.134 e. The zero-order chi connectivity index (χ0) is 21.5. The van der Waals surface area contributed by atoms with Crippen LogP contribution in [0.1, 0.15) is 41.8 Å². The maximum absolute atomic E-state index is 14.8. The van der Waals surface area contributed by atoms with E-state index in [1.807, 2.05) is 32.4 Å². The lowest BCUT2D eigenvalue weighted by atomic mass is 9.89. The summed E-state index contributed by atoms with van der Waals surface area (Å²) >= 11 is 5.96. The summed E-state index contributed by atoms with van der Waals surface area (Å²) in [5.41, 5.74) is 4.85. The number of ether oxygens (including phenoxy) is 1. The van der Waals surface area contributed by atoms with Gasteiger partial charge in [0.15, 0.2) is 0 Å². The average molecular weight is 438 g/mol. The first-order chi connectivity index (χ1) is 15.0. The number of fused-ring (bicyclic) bond motifs is 1. The summed E-state index contributed by atoms with van der Waals surface area (Å²) in [6.45, 7) is 2.51. The quantitative estimate of drug-likeness (QED) is 0.443. The molecule has 1 aliphatic rings. The Morgan fingerprint density at radius 2 is 2.06 bits per heavy atom. The van der Waals surface area contributed by atoms with Gasteiger partial charge in [0, 0.05) is 53.8 Å². The SMILES string of the molecule is Cc1cnc2c(-c3ccc(Cl)cc3F)nc([C@@H]3CCO[C@@H](c4cnn(C)c4)C3)cc2n1. The van der Waals surface area contributed by atoms with Crippen LogP contribution in [0.4, 0.5) is 4.39 Å². The van der Waals surface area contributed by atoms with Crippen molar-refractivity contribution in [3.05, 3.63) is 70.6 Å². The molecular formula is C23H21ClFN5O. The number of benzene rings is 1. The van der Waals surface area contributed by atoms with Crippen LogP contribution in [0.25, 0.3) is 22.3 Å². The van der Waals surface area contributed by atoms with Crippen LogP contribution in [-0.2, 0) is 11.8 Å². The van der Waals surface area contributed by atoms with Gasteiger partial charge in [-0.05, 0) is 44.0 Å². The summed E-state index contributed by atoms with van der Waals surface area (Å²) in [4.78, 5) is 14.0. The molecule has 1 aromatic carbocycles. The highest BCUT2D eigenvalue weighted by Crippen LogP contribution is 2.39. The summed E-state index contributed by atoms with van der Waals surface area (Å²) in [6, 6.07) is 6.58. The first-order valence-electron chi connectivity index (χ1n) is 10.2. The van der Waals surface area contributed by atoms with Gasteiger partial charge < -0.3 is 4.74 Å². The van der Waals surface area contributed by atoms with Crippen LogP contribution in [0.15, 0.2) is 42.9 Å². The van der Waals surface area contributed by atoms with Gasteiger partial charge in [-0.1, -0.05) is 11.6 Å². The van der Waals surface area contributed by atoms with E-state index in [0.717, 1.165) is 29.8 Å². The van der Waals surface area contributed by atoms with Crippen LogP contribution in [-0.4, -0.2) is 31.3 Å². The molecule has 31 heavy (non-hydrogen) atoms. The predicted octanol–water partition coefficient (Wildman–Crippen LogP) is 5.16. The molecule has 0 saturated carbocycles. The van der Waals surface area contributed by atoms with Crippen LogP contribution in [0, 0.1) is 12.7 Å². The summed E-state index contributed by atoms with van der Waals surface area (Å²) in [5, 5.41) is 4.60. The molecule has 6 nitrogen and oxygen atoms in total. The number of nitrogens with zero attached hydrogens (tertiary/aromatic N) is 5. The maximum Gasteiger partial charge on any atom is 0.134 e.